The summed E-state index contributed by atoms with van der Waals surface area (Å²) in [5, 5.41) is 12.8. The van der Waals surface area contributed by atoms with Crippen LogP contribution in [0.1, 0.15) is 32.1 Å². The van der Waals surface area contributed by atoms with E-state index in [-0.39, 0.29) is 6.10 Å². The van der Waals surface area contributed by atoms with Gasteiger partial charge in [-0.2, -0.15) is 0 Å². The van der Waals surface area contributed by atoms with Crippen molar-refractivity contribution < 1.29 is 5.11 Å². The maximum absolute atomic E-state index is 9.64. The monoisotopic (exact) mass is 183 g/mol. The number of hydrogen-bond donors (Lipinski definition) is 2. The molecule has 0 radical (unpaired) electrons. The van der Waals surface area contributed by atoms with Crippen molar-refractivity contribution in [3.63, 3.8) is 0 Å². The van der Waals surface area contributed by atoms with Crippen molar-refractivity contribution in [2.75, 3.05) is 13.1 Å². The van der Waals surface area contributed by atoms with Gasteiger partial charge in [-0.15, -0.1) is 6.58 Å². The van der Waals surface area contributed by atoms with E-state index in [0.717, 1.165) is 18.9 Å². The molecule has 2 heteroatoms. The second-order valence-corrected chi connectivity index (χ2v) is 3.99. The fourth-order valence-corrected chi connectivity index (χ4v) is 2.07. The zero-order valence-corrected chi connectivity index (χ0v) is 8.34. The Kier molecular flexibility index (Phi) is 5.09. The zero-order chi connectivity index (χ0) is 9.52. The molecule has 0 aromatic carbocycles. The lowest BCUT2D eigenvalue weighted by atomic mass is 10.0. The average molecular weight is 183 g/mol. The van der Waals surface area contributed by atoms with E-state index in [0.29, 0.717) is 6.54 Å². The predicted molar refractivity (Wildman–Crippen MR) is 55.6 cm³/mol. The Balaban J connectivity index is 2.02. The van der Waals surface area contributed by atoms with Crippen LogP contribution in [0.4, 0.5) is 0 Å². The molecule has 0 aromatic rings. The molecule has 0 aliphatic heterocycles. The highest BCUT2D eigenvalue weighted by molar-refractivity contribution is 4.74. The minimum atomic E-state index is -0.164. The molecular formula is C11H21NO. The van der Waals surface area contributed by atoms with Crippen LogP contribution < -0.4 is 5.32 Å². The van der Waals surface area contributed by atoms with Crippen molar-refractivity contribution in [1.82, 2.24) is 5.32 Å². The van der Waals surface area contributed by atoms with Crippen LogP contribution in [-0.4, -0.2) is 24.3 Å². The molecule has 13 heavy (non-hydrogen) atoms. The fraction of sp³-hybridized carbons (Fsp3) is 0.818. The van der Waals surface area contributed by atoms with E-state index in [2.05, 4.69) is 11.9 Å². The van der Waals surface area contributed by atoms with Gasteiger partial charge in [0.05, 0.1) is 6.10 Å². The van der Waals surface area contributed by atoms with E-state index >= 15 is 0 Å². The van der Waals surface area contributed by atoms with Crippen LogP contribution in [-0.2, 0) is 0 Å². The molecule has 0 spiro atoms. The summed E-state index contributed by atoms with van der Waals surface area (Å²) in [4.78, 5) is 0. The Morgan fingerprint density at radius 1 is 1.46 bits per heavy atom. The number of aliphatic hydroxyl groups excluding tert-OH is 1. The molecule has 1 aliphatic carbocycles. The van der Waals surface area contributed by atoms with Crippen molar-refractivity contribution in [3.05, 3.63) is 12.7 Å². The summed E-state index contributed by atoms with van der Waals surface area (Å²) in [5.74, 6) is 0.778. The molecule has 1 aliphatic rings. The van der Waals surface area contributed by atoms with Crippen LogP contribution in [0.5, 0.6) is 0 Å². The Bertz CT molecular complexity index is 141. The highest BCUT2D eigenvalue weighted by Crippen LogP contribution is 2.28. The minimum absolute atomic E-state index is 0.164. The van der Waals surface area contributed by atoms with Crippen molar-refractivity contribution >= 4 is 0 Å². The first kappa shape index (κ1) is 10.7. The van der Waals surface area contributed by atoms with Crippen LogP contribution in [0.15, 0.2) is 12.7 Å². The number of hydrogen-bond acceptors (Lipinski definition) is 2. The van der Waals surface area contributed by atoms with Gasteiger partial charge in [-0.1, -0.05) is 31.8 Å². The van der Waals surface area contributed by atoms with E-state index in [1.54, 1.807) is 0 Å². The second kappa shape index (κ2) is 6.17. The third kappa shape index (κ3) is 4.44. The van der Waals surface area contributed by atoms with E-state index < -0.39 is 0 Å². The standard InChI is InChI=1S/C11H21NO/c1-2-7-12-9-11(13)8-10-5-3-4-6-10/h2,10-13H,1,3-9H2. The summed E-state index contributed by atoms with van der Waals surface area (Å²) in [6.45, 7) is 5.12. The largest absolute Gasteiger partial charge is 0.392 e. The number of aliphatic hydroxyl groups is 1. The van der Waals surface area contributed by atoms with Crippen molar-refractivity contribution in [2.45, 2.75) is 38.2 Å². The average Bonchev–Trinajstić information content (AvgIpc) is 2.57. The van der Waals surface area contributed by atoms with Crippen molar-refractivity contribution in [1.29, 1.82) is 0 Å². The summed E-state index contributed by atoms with van der Waals surface area (Å²) >= 11 is 0. The van der Waals surface area contributed by atoms with Crippen LogP contribution in [0.2, 0.25) is 0 Å². The van der Waals surface area contributed by atoms with Gasteiger partial charge in [0.15, 0.2) is 0 Å². The first-order valence-electron chi connectivity index (χ1n) is 5.32. The molecule has 2 nitrogen and oxygen atoms in total. The number of nitrogens with one attached hydrogen (secondary N) is 1. The Labute approximate surface area is 81.0 Å². The molecule has 1 unspecified atom stereocenters. The Morgan fingerprint density at radius 3 is 2.77 bits per heavy atom. The SMILES string of the molecule is C=CCNCC(O)CC1CCCC1. The maximum Gasteiger partial charge on any atom is 0.0667 e. The topological polar surface area (TPSA) is 32.3 Å². The smallest absolute Gasteiger partial charge is 0.0667 e. The zero-order valence-electron chi connectivity index (χ0n) is 8.34. The van der Waals surface area contributed by atoms with E-state index in [1.807, 2.05) is 6.08 Å². The molecule has 0 amide bonds. The Hall–Kier alpha value is -0.340. The molecule has 0 bridgehead atoms. The molecule has 1 saturated carbocycles. The highest BCUT2D eigenvalue weighted by atomic mass is 16.3. The van der Waals surface area contributed by atoms with Gasteiger partial charge in [0.25, 0.3) is 0 Å². The van der Waals surface area contributed by atoms with Gasteiger partial charge < -0.3 is 10.4 Å². The lowest BCUT2D eigenvalue weighted by Crippen LogP contribution is -2.28. The third-order valence-corrected chi connectivity index (χ3v) is 2.75. The van der Waals surface area contributed by atoms with Gasteiger partial charge >= 0.3 is 0 Å². The quantitative estimate of drug-likeness (QED) is 0.485. The molecule has 1 atom stereocenters. The predicted octanol–water partition coefficient (Wildman–Crippen LogP) is 1.70. The van der Waals surface area contributed by atoms with E-state index in [9.17, 15) is 5.11 Å². The molecule has 76 valence electrons. The molecular weight excluding hydrogens is 162 g/mol. The molecule has 0 heterocycles. The lowest BCUT2D eigenvalue weighted by molar-refractivity contribution is 0.142. The summed E-state index contributed by atoms with van der Waals surface area (Å²) in [7, 11) is 0. The van der Waals surface area contributed by atoms with E-state index in [4.69, 9.17) is 0 Å². The molecule has 2 N–H and O–H groups in total. The van der Waals surface area contributed by atoms with Gasteiger partial charge in [-0.05, 0) is 12.3 Å². The summed E-state index contributed by atoms with van der Waals surface area (Å²) in [5.41, 5.74) is 0. The van der Waals surface area contributed by atoms with Crippen molar-refractivity contribution in [3.8, 4) is 0 Å². The summed E-state index contributed by atoms with van der Waals surface area (Å²) in [6, 6.07) is 0. The minimum Gasteiger partial charge on any atom is -0.392 e. The van der Waals surface area contributed by atoms with Gasteiger partial charge in [0, 0.05) is 13.1 Å². The first-order valence-corrected chi connectivity index (χ1v) is 5.32. The number of rotatable bonds is 6. The molecule has 0 saturated heterocycles. The lowest BCUT2D eigenvalue weighted by Gasteiger charge is -2.15. The summed E-state index contributed by atoms with van der Waals surface area (Å²) < 4.78 is 0. The van der Waals surface area contributed by atoms with Crippen LogP contribution in [0, 0.1) is 5.92 Å². The third-order valence-electron chi connectivity index (χ3n) is 2.75. The highest BCUT2D eigenvalue weighted by Gasteiger charge is 2.18. The van der Waals surface area contributed by atoms with Gasteiger partial charge in [0.1, 0.15) is 0 Å². The van der Waals surface area contributed by atoms with E-state index in [1.165, 1.54) is 25.7 Å². The van der Waals surface area contributed by atoms with Gasteiger partial charge in [0.2, 0.25) is 0 Å². The van der Waals surface area contributed by atoms with Gasteiger partial charge in [-0.25, -0.2) is 0 Å². The normalized spacial score (nSPS) is 20.4. The second-order valence-electron chi connectivity index (χ2n) is 3.99. The molecule has 0 aromatic heterocycles. The van der Waals surface area contributed by atoms with Gasteiger partial charge in [-0.3, -0.25) is 0 Å². The first-order chi connectivity index (χ1) is 6.33. The van der Waals surface area contributed by atoms with Crippen LogP contribution >= 0.6 is 0 Å². The molecule has 1 fully saturated rings. The maximum atomic E-state index is 9.64. The van der Waals surface area contributed by atoms with Crippen molar-refractivity contribution in [2.24, 2.45) is 5.92 Å². The van der Waals surface area contributed by atoms with Crippen LogP contribution in [0.3, 0.4) is 0 Å². The molecule has 1 rings (SSSR count). The van der Waals surface area contributed by atoms with Crippen LogP contribution in [0.25, 0.3) is 0 Å². The fourth-order valence-electron chi connectivity index (χ4n) is 2.07. The Morgan fingerprint density at radius 2 is 2.15 bits per heavy atom. The summed E-state index contributed by atoms with van der Waals surface area (Å²) in [6.07, 6.45) is 7.99.